The summed E-state index contributed by atoms with van der Waals surface area (Å²) >= 11 is 5.92. The lowest BCUT2D eigenvalue weighted by atomic mass is 9.99. The second kappa shape index (κ2) is 8.39. The van der Waals surface area contributed by atoms with E-state index in [0.29, 0.717) is 16.6 Å². The van der Waals surface area contributed by atoms with Crippen LogP contribution in [0.1, 0.15) is 18.2 Å². The van der Waals surface area contributed by atoms with Crippen LogP contribution in [0.5, 0.6) is 0 Å². The van der Waals surface area contributed by atoms with Crippen LogP contribution >= 0.6 is 11.6 Å². The molecule has 1 fully saturated rings. The molecule has 3 aromatic rings. The zero-order chi connectivity index (χ0) is 22.0. The first-order chi connectivity index (χ1) is 14.9. The fraction of sp³-hybridized carbons (Fsp3) is 0.300. The summed E-state index contributed by atoms with van der Waals surface area (Å²) in [6, 6.07) is 5.18. The first kappa shape index (κ1) is 20.9. The number of halogens is 1. The van der Waals surface area contributed by atoms with E-state index in [4.69, 9.17) is 38.0 Å². The Hall–Kier alpha value is -3.39. The van der Waals surface area contributed by atoms with Crippen LogP contribution in [-0.2, 0) is 20.8 Å². The van der Waals surface area contributed by atoms with Crippen molar-refractivity contribution in [1.29, 1.82) is 0 Å². The molecular weight excluding hydrogens is 426 g/mol. The summed E-state index contributed by atoms with van der Waals surface area (Å²) in [7, 11) is 0. The third-order valence-electron chi connectivity index (χ3n) is 4.92. The molecule has 0 amide bonds. The molecule has 4 heterocycles. The zero-order valence-corrected chi connectivity index (χ0v) is 16.9. The average molecular weight is 444 g/mol. The summed E-state index contributed by atoms with van der Waals surface area (Å²) < 4.78 is 17.7. The van der Waals surface area contributed by atoms with Crippen molar-refractivity contribution in [3.63, 3.8) is 0 Å². The largest absolute Gasteiger partial charge is 0.508 e. The molecule has 0 radical (unpaired) electrons. The van der Waals surface area contributed by atoms with E-state index < -0.39 is 30.7 Å². The number of nitrogens with zero attached hydrogens (tertiary/aromatic N) is 4. The molecule has 4 rings (SSSR count). The van der Waals surface area contributed by atoms with Crippen LogP contribution in [-0.4, -0.2) is 49.1 Å². The number of ether oxygens (including phenoxy) is 3. The molecule has 160 valence electrons. The minimum atomic E-state index is -1.56. The predicted molar refractivity (Wildman–Crippen MR) is 110 cm³/mol. The zero-order valence-electron chi connectivity index (χ0n) is 16.1. The second-order valence-corrected chi connectivity index (χ2v) is 7.22. The molecule has 3 atom stereocenters. The van der Waals surface area contributed by atoms with Crippen molar-refractivity contribution in [1.82, 2.24) is 19.5 Å². The van der Waals surface area contributed by atoms with Crippen molar-refractivity contribution in [2.45, 2.75) is 31.0 Å². The van der Waals surface area contributed by atoms with Crippen LogP contribution in [0.4, 0.5) is 10.6 Å². The maximum absolute atomic E-state index is 12.0. The first-order valence-corrected chi connectivity index (χ1v) is 9.61. The van der Waals surface area contributed by atoms with Gasteiger partial charge in [0.1, 0.15) is 37.0 Å². The molecule has 31 heavy (non-hydrogen) atoms. The number of carbonyl (C=O) groups excluding carboxylic acids is 1. The van der Waals surface area contributed by atoms with Crippen molar-refractivity contribution < 1.29 is 24.1 Å². The van der Waals surface area contributed by atoms with E-state index >= 15 is 0 Å². The van der Waals surface area contributed by atoms with Crippen LogP contribution in [0.2, 0.25) is 5.28 Å². The molecule has 0 aromatic carbocycles. The van der Waals surface area contributed by atoms with Gasteiger partial charge in [0.15, 0.2) is 5.60 Å². The molecule has 11 heteroatoms. The Morgan fingerprint density at radius 2 is 2.29 bits per heavy atom. The van der Waals surface area contributed by atoms with Gasteiger partial charge in [-0.1, -0.05) is 12.0 Å². The van der Waals surface area contributed by atoms with Gasteiger partial charge in [0.25, 0.3) is 0 Å². The normalized spacial score (nSPS) is 22.9. The maximum atomic E-state index is 12.0. The highest BCUT2D eigenvalue weighted by Gasteiger charge is 2.49. The molecule has 3 aromatic heterocycles. The number of aliphatic hydroxyl groups is 1. The average Bonchev–Trinajstić information content (AvgIpc) is 3.33. The van der Waals surface area contributed by atoms with E-state index in [1.165, 1.54) is 0 Å². The predicted octanol–water partition coefficient (Wildman–Crippen LogP) is 2.07. The number of anilines is 1. The molecule has 0 spiro atoms. The van der Waals surface area contributed by atoms with Gasteiger partial charge in [0, 0.05) is 30.6 Å². The Balaban J connectivity index is 1.45. The summed E-state index contributed by atoms with van der Waals surface area (Å²) in [4.78, 5) is 24.0. The number of rotatable bonds is 5. The van der Waals surface area contributed by atoms with Crippen molar-refractivity contribution in [2.75, 3.05) is 12.3 Å². The van der Waals surface area contributed by atoms with Gasteiger partial charge >= 0.3 is 6.16 Å². The van der Waals surface area contributed by atoms with Crippen LogP contribution < -0.4 is 5.73 Å². The highest BCUT2D eigenvalue weighted by atomic mass is 35.5. The van der Waals surface area contributed by atoms with E-state index in [0.717, 1.165) is 0 Å². The van der Waals surface area contributed by atoms with Crippen molar-refractivity contribution in [3.05, 3.63) is 47.6 Å². The van der Waals surface area contributed by atoms with E-state index in [-0.39, 0.29) is 24.1 Å². The summed E-state index contributed by atoms with van der Waals surface area (Å²) in [5.74, 6) is 2.63. The van der Waals surface area contributed by atoms with Gasteiger partial charge < -0.3 is 29.6 Å². The highest BCUT2D eigenvalue weighted by molar-refractivity contribution is 6.28. The van der Waals surface area contributed by atoms with E-state index in [1.54, 1.807) is 41.4 Å². The molecule has 1 aliphatic heterocycles. The number of carbonyl (C=O) groups is 1. The molecule has 0 unspecified atom stereocenters. The minimum Gasteiger partial charge on any atom is -0.430 e. The molecule has 0 saturated carbocycles. The van der Waals surface area contributed by atoms with Crippen LogP contribution in [0.3, 0.4) is 0 Å². The third kappa shape index (κ3) is 4.11. The Bertz CT molecular complexity index is 1150. The summed E-state index contributed by atoms with van der Waals surface area (Å²) in [5.41, 5.74) is 5.45. The number of aliphatic hydroxyl groups excluding tert-OH is 1. The number of nitrogen functional groups attached to an aromatic ring is 1. The molecule has 1 saturated heterocycles. The molecule has 1 aliphatic rings. The number of pyridine rings is 1. The van der Waals surface area contributed by atoms with Crippen LogP contribution in [0, 0.1) is 12.3 Å². The number of nitrogens with two attached hydrogens (primary N) is 1. The Labute approximate surface area is 181 Å². The monoisotopic (exact) mass is 443 g/mol. The van der Waals surface area contributed by atoms with Gasteiger partial charge in [0.2, 0.25) is 5.28 Å². The lowest BCUT2D eigenvalue weighted by molar-refractivity contribution is -0.0983. The van der Waals surface area contributed by atoms with Gasteiger partial charge in [-0.25, -0.2) is 9.78 Å². The first-order valence-electron chi connectivity index (χ1n) is 9.23. The lowest BCUT2D eigenvalue weighted by Gasteiger charge is -2.26. The van der Waals surface area contributed by atoms with Gasteiger partial charge in [0.05, 0.1) is 5.39 Å². The summed E-state index contributed by atoms with van der Waals surface area (Å²) in [5, 5.41) is 11.2. The van der Waals surface area contributed by atoms with Crippen molar-refractivity contribution in [2.24, 2.45) is 0 Å². The van der Waals surface area contributed by atoms with E-state index in [1.807, 2.05) is 0 Å². The van der Waals surface area contributed by atoms with Gasteiger partial charge in [-0.2, -0.15) is 4.98 Å². The molecule has 10 nitrogen and oxygen atoms in total. The smallest absolute Gasteiger partial charge is 0.430 e. The molecule has 0 aliphatic carbocycles. The minimum absolute atomic E-state index is 0.0149. The number of hydrogen-bond acceptors (Lipinski definition) is 9. The number of fused-ring (bicyclic) bond motifs is 1. The SMILES string of the molecule is C#C[C@]1(COC(=O)OCc2cccnc2)O[C@@H](n2ccc3c(N)nc(Cl)nc32)C[C@@H]1O. The van der Waals surface area contributed by atoms with Gasteiger partial charge in [-0.05, 0) is 23.7 Å². The lowest BCUT2D eigenvalue weighted by Crippen LogP contribution is -2.43. The van der Waals surface area contributed by atoms with Crippen LogP contribution in [0.15, 0.2) is 36.8 Å². The topological polar surface area (TPSA) is 135 Å². The maximum Gasteiger partial charge on any atom is 0.508 e. The summed E-state index contributed by atoms with van der Waals surface area (Å²) in [6.07, 6.45) is 7.87. The Kier molecular flexibility index (Phi) is 5.65. The van der Waals surface area contributed by atoms with Gasteiger partial charge in [-0.3, -0.25) is 4.98 Å². The quantitative estimate of drug-likeness (QED) is 0.345. The Morgan fingerprint density at radius 3 is 3.03 bits per heavy atom. The standard InChI is InChI=1S/C20H18ClN5O5/c1-2-20(11-30-19(28)29-10-12-4-3-6-23-9-12)14(27)8-15(31-20)26-7-5-13-16(22)24-18(21)25-17(13)26/h1,3-7,9,14-15,27H,8,10-11H2,(H2,22,24,25)/t14-,15+,20+/m0/s1. The third-order valence-corrected chi connectivity index (χ3v) is 5.09. The van der Waals surface area contributed by atoms with E-state index in [2.05, 4.69) is 20.9 Å². The molecular formula is C20H18ClN5O5. The van der Waals surface area contributed by atoms with E-state index in [9.17, 15) is 9.90 Å². The van der Waals surface area contributed by atoms with Crippen molar-refractivity contribution >= 4 is 34.6 Å². The van der Waals surface area contributed by atoms with Crippen molar-refractivity contribution in [3.8, 4) is 12.3 Å². The summed E-state index contributed by atoms with van der Waals surface area (Å²) in [6.45, 7) is -0.414. The highest BCUT2D eigenvalue weighted by Crippen LogP contribution is 2.39. The number of hydrogen-bond donors (Lipinski definition) is 2. The fourth-order valence-corrected chi connectivity index (χ4v) is 3.49. The number of terminal acetylenes is 1. The van der Waals surface area contributed by atoms with Crippen LogP contribution in [0.25, 0.3) is 11.0 Å². The fourth-order valence-electron chi connectivity index (χ4n) is 3.32. The molecule has 0 bridgehead atoms. The molecule has 3 N–H and O–H groups in total. The Morgan fingerprint density at radius 1 is 1.45 bits per heavy atom. The second-order valence-electron chi connectivity index (χ2n) is 6.88. The number of aromatic nitrogens is 4. The van der Waals surface area contributed by atoms with Gasteiger partial charge in [-0.15, -0.1) is 6.42 Å².